The molecule has 5 nitrogen and oxygen atoms in total. The molecule has 1 fully saturated rings. The molecule has 1 unspecified atom stereocenters. The van der Waals surface area contributed by atoms with Gasteiger partial charge in [0, 0.05) is 6.54 Å². The molecule has 0 bridgehead atoms. The second kappa shape index (κ2) is 4.99. The first-order valence-electron chi connectivity index (χ1n) is 5.72. The molecular formula is C11H15NO4S2. The lowest BCUT2D eigenvalue weighted by Crippen LogP contribution is -2.47. The Bertz CT molecular complexity index is 549. The summed E-state index contributed by atoms with van der Waals surface area (Å²) in [6.07, 6.45) is 1.86. The highest BCUT2D eigenvalue weighted by Gasteiger charge is 2.38. The minimum Gasteiger partial charge on any atom is -0.480 e. The van der Waals surface area contributed by atoms with Crippen molar-refractivity contribution in [3.63, 3.8) is 0 Å². The smallest absolute Gasteiger partial charge is 0.322 e. The molecule has 1 aliphatic heterocycles. The second-order valence-corrected chi connectivity index (χ2v) is 7.44. The van der Waals surface area contributed by atoms with Gasteiger partial charge < -0.3 is 5.11 Å². The summed E-state index contributed by atoms with van der Waals surface area (Å²) in [6.45, 7) is 2.11. The van der Waals surface area contributed by atoms with Gasteiger partial charge in [0.15, 0.2) is 0 Å². The van der Waals surface area contributed by atoms with Crippen molar-refractivity contribution in [2.24, 2.45) is 0 Å². The van der Waals surface area contributed by atoms with Crippen molar-refractivity contribution >= 4 is 27.3 Å². The predicted molar refractivity (Wildman–Crippen MR) is 68.2 cm³/mol. The molecule has 1 aromatic rings. The quantitative estimate of drug-likeness (QED) is 0.918. The number of carbonyl (C=O) groups is 1. The molecule has 100 valence electrons. The molecule has 7 heteroatoms. The van der Waals surface area contributed by atoms with Crippen molar-refractivity contribution in [2.75, 3.05) is 6.54 Å². The summed E-state index contributed by atoms with van der Waals surface area (Å²) in [5.74, 6) is -1.06. The van der Waals surface area contributed by atoms with Crippen LogP contribution in [0, 0.1) is 6.92 Å². The van der Waals surface area contributed by atoms with Gasteiger partial charge in [0.2, 0.25) is 0 Å². The third kappa shape index (κ3) is 2.43. The minimum atomic E-state index is -3.66. The highest BCUT2D eigenvalue weighted by atomic mass is 32.2. The molecule has 0 saturated carbocycles. The zero-order chi connectivity index (χ0) is 13.3. The fraction of sp³-hybridized carbons (Fsp3) is 0.545. The van der Waals surface area contributed by atoms with Gasteiger partial charge in [-0.15, -0.1) is 11.3 Å². The SMILES string of the molecule is Cc1csc(S(=O)(=O)N2CCCCC2C(=O)O)c1. The Morgan fingerprint density at radius 1 is 1.50 bits per heavy atom. The van der Waals surface area contributed by atoms with E-state index in [-0.39, 0.29) is 10.8 Å². The first-order chi connectivity index (χ1) is 8.43. The Balaban J connectivity index is 2.36. The highest BCUT2D eigenvalue weighted by molar-refractivity contribution is 7.91. The van der Waals surface area contributed by atoms with E-state index in [0.717, 1.165) is 27.6 Å². The topological polar surface area (TPSA) is 74.7 Å². The van der Waals surface area contributed by atoms with Crippen molar-refractivity contribution in [3.05, 3.63) is 17.0 Å². The van der Waals surface area contributed by atoms with E-state index in [9.17, 15) is 13.2 Å². The molecule has 2 rings (SSSR count). The van der Waals surface area contributed by atoms with Crippen LogP contribution in [0.15, 0.2) is 15.7 Å². The molecule has 0 aromatic carbocycles. The summed E-state index contributed by atoms with van der Waals surface area (Å²) in [5.41, 5.74) is 0.877. The van der Waals surface area contributed by atoms with E-state index in [2.05, 4.69) is 0 Å². The Labute approximate surface area is 110 Å². The lowest BCUT2D eigenvalue weighted by atomic mass is 10.1. The van der Waals surface area contributed by atoms with Gasteiger partial charge in [-0.2, -0.15) is 4.31 Å². The molecule has 1 aromatic heterocycles. The van der Waals surface area contributed by atoms with Gasteiger partial charge in [0.1, 0.15) is 10.3 Å². The molecule has 0 aliphatic carbocycles. The molecule has 1 atom stereocenters. The summed E-state index contributed by atoms with van der Waals surface area (Å²) >= 11 is 1.14. The largest absolute Gasteiger partial charge is 0.480 e. The molecule has 1 N–H and O–H groups in total. The molecular weight excluding hydrogens is 274 g/mol. The van der Waals surface area contributed by atoms with Gasteiger partial charge in [-0.3, -0.25) is 4.79 Å². The van der Waals surface area contributed by atoms with Gasteiger partial charge in [-0.1, -0.05) is 0 Å². The summed E-state index contributed by atoms with van der Waals surface area (Å²) in [4.78, 5) is 11.1. The fourth-order valence-electron chi connectivity index (χ4n) is 2.10. The molecule has 0 radical (unpaired) electrons. The lowest BCUT2D eigenvalue weighted by Gasteiger charge is -2.31. The zero-order valence-electron chi connectivity index (χ0n) is 10.00. The predicted octanol–water partition coefficient (Wildman–Crippen LogP) is 1.68. The Morgan fingerprint density at radius 3 is 2.78 bits per heavy atom. The Hall–Kier alpha value is -0.920. The Morgan fingerprint density at radius 2 is 2.22 bits per heavy atom. The highest BCUT2D eigenvalue weighted by Crippen LogP contribution is 2.29. The monoisotopic (exact) mass is 289 g/mol. The van der Waals surface area contributed by atoms with Gasteiger partial charge in [0.05, 0.1) is 0 Å². The number of aliphatic carboxylic acids is 1. The number of nitrogens with zero attached hydrogens (tertiary/aromatic N) is 1. The van der Waals surface area contributed by atoms with Gasteiger partial charge in [-0.05, 0) is 43.2 Å². The van der Waals surface area contributed by atoms with Crippen LogP contribution in [0.1, 0.15) is 24.8 Å². The summed E-state index contributed by atoms with van der Waals surface area (Å²) in [7, 11) is -3.66. The molecule has 1 aliphatic rings. The van der Waals surface area contributed by atoms with Crippen LogP contribution < -0.4 is 0 Å². The number of hydrogen-bond donors (Lipinski definition) is 1. The first kappa shape index (κ1) is 13.5. The number of hydrogen-bond acceptors (Lipinski definition) is 4. The standard InChI is InChI=1S/C11H15NO4S2/c1-8-6-10(17-7-8)18(15,16)12-5-3-2-4-9(12)11(13)14/h6-7,9H,2-5H2,1H3,(H,13,14). The fourth-order valence-corrected chi connectivity index (χ4v) is 5.10. The number of aryl methyl sites for hydroxylation is 1. The molecule has 0 amide bonds. The average molecular weight is 289 g/mol. The second-order valence-electron chi connectivity index (χ2n) is 4.41. The van der Waals surface area contributed by atoms with E-state index < -0.39 is 22.0 Å². The zero-order valence-corrected chi connectivity index (χ0v) is 11.6. The van der Waals surface area contributed by atoms with Crippen LogP contribution in [-0.2, 0) is 14.8 Å². The van der Waals surface area contributed by atoms with Crippen LogP contribution in [0.5, 0.6) is 0 Å². The minimum absolute atomic E-state index is 0.230. The molecule has 18 heavy (non-hydrogen) atoms. The number of rotatable bonds is 3. The van der Waals surface area contributed by atoms with E-state index in [1.165, 1.54) is 0 Å². The first-order valence-corrected chi connectivity index (χ1v) is 8.04. The maximum absolute atomic E-state index is 12.4. The Kier molecular flexibility index (Phi) is 3.74. The van der Waals surface area contributed by atoms with Crippen LogP contribution >= 0.6 is 11.3 Å². The van der Waals surface area contributed by atoms with Crippen molar-refractivity contribution < 1.29 is 18.3 Å². The lowest BCUT2D eigenvalue weighted by molar-refractivity contribution is -0.142. The van der Waals surface area contributed by atoms with E-state index in [0.29, 0.717) is 12.8 Å². The number of carboxylic acid groups (broad SMARTS) is 1. The van der Waals surface area contributed by atoms with Crippen molar-refractivity contribution in [3.8, 4) is 0 Å². The summed E-state index contributed by atoms with van der Waals surface area (Å²) in [6, 6.07) is 0.666. The number of carboxylic acids is 1. The van der Waals surface area contributed by atoms with E-state index >= 15 is 0 Å². The van der Waals surface area contributed by atoms with Gasteiger partial charge >= 0.3 is 5.97 Å². The molecule has 2 heterocycles. The van der Waals surface area contributed by atoms with Crippen LogP contribution in [-0.4, -0.2) is 36.4 Å². The normalized spacial score (nSPS) is 21.9. The molecule has 0 spiro atoms. The van der Waals surface area contributed by atoms with Crippen molar-refractivity contribution in [1.29, 1.82) is 0 Å². The van der Waals surface area contributed by atoms with Crippen molar-refractivity contribution in [1.82, 2.24) is 4.31 Å². The molecule has 1 saturated heterocycles. The van der Waals surface area contributed by atoms with Crippen molar-refractivity contribution in [2.45, 2.75) is 36.4 Å². The van der Waals surface area contributed by atoms with Crippen LogP contribution in [0.2, 0.25) is 0 Å². The van der Waals surface area contributed by atoms with Crippen LogP contribution in [0.25, 0.3) is 0 Å². The third-order valence-corrected chi connectivity index (χ3v) is 6.45. The van der Waals surface area contributed by atoms with Gasteiger partial charge in [0.25, 0.3) is 10.0 Å². The van der Waals surface area contributed by atoms with E-state index in [4.69, 9.17) is 5.11 Å². The maximum atomic E-state index is 12.4. The number of sulfonamides is 1. The summed E-state index contributed by atoms with van der Waals surface area (Å²) in [5, 5.41) is 10.9. The third-order valence-electron chi connectivity index (χ3n) is 3.01. The van der Waals surface area contributed by atoms with Crippen LogP contribution in [0.3, 0.4) is 0 Å². The number of thiophene rings is 1. The van der Waals surface area contributed by atoms with E-state index in [1.54, 1.807) is 11.4 Å². The van der Waals surface area contributed by atoms with Gasteiger partial charge in [-0.25, -0.2) is 8.42 Å². The summed E-state index contributed by atoms with van der Waals surface area (Å²) < 4.78 is 26.1. The average Bonchev–Trinajstić information content (AvgIpc) is 2.76. The van der Waals surface area contributed by atoms with Crippen LogP contribution in [0.4, 0.5) is 0 Å². The van der Waals surface area contributed by atoms with E-state index in [1.807, 2.05) is 6.92 Å². The maximum Gasteiger partial charge on any atom is 0.322 e. The number of piperidine rings is 1.